The third-order valence-corrected chi connectivity index (χ3v) is 3.45. The normalized spacial score (nSPS) is 16.1. The lowest BCUT2D eigenvalue weighted by Gasteiger charge is -2.15. The molecule has 0 bridgehead atoms. The molecule has 1 aliphatic rings. The van der Waals surface area contributed by atoms with Crippen LogP contribution in [0.3, 0.4) is 0 Å². The molecule has 0 saturated heterocycles. The van der Waals surface area contributed by atoms with Gasteiger partial charge in [0.15, 0.2) is 0 Å². The van der Waals surface area contributed by atoms with Crippen LogP contribution in [0.1, 0.15) is 31.4 Å². The molecule has 1 aromatic carbocycles. The number of benzene rings is 1. The summed E-state index contributed by atoms with van der Waals surface area (Å²) in [7, 11) is 0. The van der Waals surface area contributed by atoms with Crippen LogP contribution in [0.2, 0.25) is 0 Å². The van der Waals surface area contributed by atoms with Crippen molar-refractivity contribution in [3.63, 3.8) is 0 Å². The first kappa shape index (κ1) is 12.0. The zero-order valence-corrected chi connectivity index (χ0v) is 10.9. The molecular formula is C15H17N3O. The molecule has 0 aliphatic heterocycles. The van der Waals surface area contributed by atoms with Gasteiger partial charge in [-0.25, -0.2) is 4.68 Å². The fourth-order valence-corrected chi connectivity index (χ4v) is 2.12. The summed E-state index contributed by atoms with van der Waals surface area (Å²) >= 11 is 0. The average Bonchev–Trinajstić information content (AvgIpc) is 3.14. The first-order valence-electron chi connectivity index (χ1n) is 6.64. The zero-order valence-electron chi connectivity index (χ0n) is 10.9. The molecule has 2 aromatic rings. The summed E-state index contributed by atoms with van der Waals surface area (Å²) in [4.78, 5) is 11.8. The lowest BCUT2D eigenvalue weighted by molar-refractivity contribution is -0.122. The van der Waals surface area contributed by atoms with Gasteiger partial charge in [-0.15, -0.1) is 0 Å². The number of hydrogen-bond donors (Lipinski definition) is 1. The van der Waals surface area contributed by atoms with Gasteiger partial charge in [-0.2, -0.15) is 5.10 Å². The van der Waals surface area contributed by atoms with E-state index < -0.39 is 0 Å². The number of rotatable bonds is 4. The highest BCUT2D eigenvalue weighted by Crippen LogP contribution is 2.29. The van der Waals surface area contributed by atoms with Gasteiger partial charge in [-0.05, 0) is 43.5 Å². The Hall–Kier alpha value is -2.10. The Bertz CT molecular complexity index is 573. The lowest BCUT2D eigenvalue weighted by atomic mass is 10.1. The van der Waals surface area contributed by atoms with E-state index in [0.29, 0.717) is 0 Å². The van der Waals surface area contributed by atoms with Gasteiger partial charge in [0.1, 0.15) is 0 Å². The van der Waals surface area contributed by atoms with E-state index in [2.05, 4.69) is 16.5 Å². The van der Waals surface area contributed by atoms with Crippen LogP contribution in [0.25, 0.3) is 5.69 Å². The highest BCUT2D eigenvalue weighted by atomic mass is 16.2. The maximum absolute atomic E-state index is 11.8. The Kier molecular flexibility index (Phi) is 3.07. The SMILES string of the molecule is CC(NC(=O)C1CC1)c1cccc(-n2cccn2)c1. The standard InChI is InChI=1S/C15H17N3O/c1-11(17-15(19)12-6-7-12)13-4-2-5-14(10-13)18-9-3-8-16-18/h2-5,8-12H,6-7H2,1H3,(H,17,19). The van der Waals surface area contributed by atoms with E-state index in [0.717, 1.165) is 24.1 Å². The third kappa shape index (κ3) is 2.67. The van der Waals surface area contributed by atoms with Crippen molar-refractivity contribution in [2.24, 2.45) is 5.92 Å². The topological polar surface area (TPSA) is 46.9 Å². The number of nitrogens with zero attached hydrogens (tertiary/aromatic N) is 2. The van der Waals surface area contributed by atoms with E-state index in [-0.39, 0.29) is 17.9 Å². The molecule has 1 amide bonds. The molecule has 1 heterocycles. The molecule has 3 rings (SSSR count). The van der Waals surface area contributed by atoms with Crippen LogP contribution < -0.4 is 5.32 Å². The van der Waals surface area contributed by atoms with Crippen LogP contribution >= 0.6 is 0 Å². The molecule has 1 saturated carbocycles. The van der Waals surface area contributed by atoms with Gasteiger partial charge in [-0.3, -0.25) is 4.79 Å². The second-order valence-corrected chi connectivity index (χ2v) is 5.05. The minimum absolute atomic E-state index is 0.0311. The van der Waals surface area contributed by atoms with E-state index in [9.17, 15) is 4.79 Å². The van der Waals surface area contributed by atoms with Crippen LogP contribution in [0.4, 0.5) is 0 Å². The molecule has 1 aromatic heterocycles. The van der Waals surface area contributed by atoms with E-state index >= 15 is 0 Å². The van der Waals surface area contributed by atoms with Crippen molar-refractivity contribution in [1.29, 1.82) is 0 Å². The fourth-order valence-electron chi connectivity index (χ4n) is 2.12. The quantitative estimate of drug-likeness (QED) is 0.912. The molecule has 4 heteroatoms. The van der Waals surface area contributed by atoms with Crippen LogP contribution in [0, 0.1) is 5.92 Å². The average molecular weight is 255 g/mol. The monoisotopic (exact) mass is 255 g/mol. The molecule has 0 spiro atoms. The van der Waals surface area contributed by atoms with Gasteiger partial charge in [-0.1, -0.05) is 12.1 Å². The van der Waals surface area contributed by atoms with E-state index in [1.807, 2.05) is 42.1 Å². The van der Waals surface area contributed by atoms with E-state index in [4.69, 9.17) is 0 Å². The molecule has 0 radical (unpaired) electrons. The predicted octanol–water partition coefficient (Wildman–Crippen LogP) is 2.46. The van der Waals surface area contributed by atoms with Crippen molar-refractivity contribution in [3.05, 3.63) is 48.3 Å². The number of carbonyl (C=O) groups is 1. The van der Waals surface area contributed by atoms with Crippen molar-refractivity contribution in [2.75, 3.05) is 0 Å². The Morgan fingerprint density at radius 2 is 2.26 bits per heavy atom. The molecule has 1 fully saturated rings. The summed E-state index contributed by atoms with van der Waals surface area (Å²) < 4.78 is 1.82. The van der Waals surface area contributed by atoms with Gasteiger partial charge in [0.2, 0.25) is 5.91 Å². The molecule has 4 nitrogen and oxygen atoms in total. The molecule has 1 atom stereocenters. The fraction of sp³-hybridized carbons (Fsp3) is 0.333. The van der Waals surface area contributed by atoms with Crippen molar-refractivity contribution < 1.29 is 4.79 Å². The Balaban J connectivity index is 1.76. The summed E-state index contributed by atoms with van der Waals surface area (Å²) in [6.07, 6.45) is 5.73. The van der Waals surface area contributed by atoms with Crippen LogP contribution in [0.15, 0.2) is 42.7 Å². The summed E-state index contributed by atoms with van der Waals surface area (Å²) in [6.45, 7) is 2.02. The zero-order chi connectivity index (χ0) is 13.2. The van der Waals surface area contributed by atoms with Gasteiger partial charge >= 0.3 is 0 Å². The summed E-state index contributed by atoms with van der Waals surface area (Å²) in [6, 6.07) is 10.0. The third-order valence-electron chi connectivity index (χ3n) is 3.45. The van der Waals surface area contributed by atoms with Crippen LogP contribution in [-0.4, -0.2) is 15.7 Å². The van der Waals surface area contributed by atoms with Crippen LogP contribution in [-0.2, 0) is 4.79 Å². The van der Waals surface area contributed by atoms with Crippen molar-refractivity contribution in [1.82, 2.24) is 15.1 Å². The lowest BCUT2D eigenvalue weighted by Crippen LogP contribution is -2.27. The molecule has 1 N–H and O–H groups in total. The van der Waals surface area contributed by atoms with Gasteiger partial charge in [0, 0.05) is 18.3 Å². The number of hydrogen-bond acceptors (Lipinski definition) is 2. The van der Waals surface area contributed by atoms with Gasteiger partial charge in [0.05, 0.1) is 11.7 Å². The maximum atomic E-state index is 11.8. The van der Waals surface area contributed by atoms with E-state index in [1.54, 1.807) is 6.20 Å². The summed E-state index contributed by atoms with van der Waals surface area (Å²) in [5.74, 6) is 0.425. The highest BCUT2D eigenvalue weighted by molar-refractivity contribution is 5.81. The van der Waals surface area contributed by atoms with Gasteiger partial charge in [0.25, 0.3) is 0 Å². The number of amides is 1. The minimum atomic E-state index is 0.0311. The molecular weight excluding hydrogens is 238 g/mol. The van der Waals surface area contributed by atoms with Crippen molar-refractivity contribution in [3.8, 4) is 5.69 Å². The predicted molar refractivity (Wildman–Crippen MR) is 72.8 cm³/mol. The summed E-state index contributed by atoms with van der Waals surface area (Å²) in [5, 5.41) is 7.28. The van der Waals surface area contributed by atoms with Gasteiger partial charge < -0.3 is 5.32 Å². The minimum Gasteiger partial charge on any atom is -0.349 e. The van der Waals surface area contributed by atoms with E-state index in [1.165, 1.54) is 0 Å². The first-order valence-corrected chi connectivity index (χ1v) is 6.64. The number of carbonyl (C=O) groups excluding carboxylic acids is 1. The largest absolute Gasteiger partial charge is 0.349 e. The van der Waals surface area contributed by atoms with Crippen LogP contribution in [0.5, 0.6) is 0 Å². The number of aromatic nitrogens is 2. The van der Waals surface area contributed by atoms with Crippen molar-refractivity contribution in [2.45, 2.75) is 25.8 Å². The smallest absolute Gasteiger partial charge is 0.223 e. The van der Waals surface area contributed by atoms with Crippen molar-refractivity contribution >= 4 is 5.91 Å². The second-order valence-electron chi connectivity index (χ2n) is 5.05. The molecule has 98 valence electrons. The summed E-state index contributed by atoms with van der Waals surface area (Å²) in [5.41, 5.74) is 2.11. The Morgan fingerprint density at radius 1 is 1.42 bits per heavy atom. The maximum Gasteiger partial charge on any atom is 0.223 e. The second kappa shape index (κ2) is 4.88. The first-order chi connectivity index (χ1) is 9.24. The molecule has 1 unspecified atom stereocenters. The molecule has 1 aliphatic carbocycles. The number of nitrogens with one attached hydrogen (secondary N) is 1. The Labute approximate surface area is 112 Å². The molecule has 19 heavy (non-hydrogen) atoms. The Morgan fingerprint density at radius 3 is 2.95 bits per heavy atom. The highest BCUT2D eigenvalue weighted by Gasteiger charge is 2.30.